The SMILES string of the molecule is CSc1ncccc1C(=O)NC1CCc2nn(Cc3cccnc3)c(=O)n2CC1. The van der Waals surface area contributed by atoms with Gasteiger partial charge in [0.05, 0.1) is 12.1 Å². The van der Waals surface area contributed by atoms with E-state index in [1.54, 1.807) is 35.3 Å². The molecule has 4 heterocycles. The monoisotopic (exact) mass is 410 g/mol. The van der Waals surface area contributed by atoms with Gasteiger partial charge in [0.1, 0.15) is 10.9 Å². The molecule has 1 N–H and O–H groups in total. The van der Waals surface area contributed by atoms with Crippen molar-refractivity contribution in [3.63, 3.8) is 0 Å². The van der Waals surface area contributed by atoms with E-state index in [1.165, 1.54) is 16.4 Å². The fraction of sp³-hybridized carbons (Fsp3) is 0.350. The molecule has 9 heteroatoms. The highest BCUT2D eigenvalue weighted by atomic mass is 32.2. The summed E-state index contributed by atoms with van der Waals surface area (Å²) in [6.45, 7) is 0.944. The number of carbonyl (C=O) groups is 1. The molecule has 4 rings (SSSR count). The van der Waals surface area contributed by atoms with E-state index in [0.29, 0.717) is 36.5 Å². The van der Waals surface area contributed by atoms with Gasteiger partial charge in [-0.25, -0.2) is 14.5 Å². The lowest BCUT2D eigenvalue weighted by molar-refractivity contribution is 0.0929. The summed E-state index contributed by atoms with van der Waals surface area (Å²) in [4.78, 5) is 33.8. The molecule has 0 saturated heterocycles. The van der Waals surface area contributed by atoms with Crippen LogP contribution in [0.25, 0.3) is 0 Å². The van der Waals surface area contributed by atoms with Crippen molar-refractivity contribution in [1.29, 1.82) is 0 Å². The number of pyridine rings is 2. The minimum Gasteiger partial charge on any atom is -0.349 e. The number of fused-ring (bicyclic) bond motifs is 1. The first kappa shape index (κ1) is 19.4. The number of amides is 1. The van der Waals surface area contributed by atoms with Crippen LogP contribution in [0.1, 0.15) is 34.6 Å². The van der Waals surface area contributed by atoms with E-state index in [4.69, 9.17) is 0 Å². The van der Waals surface area contributed by atoms with Crippen LogP contribution in [0.4, 0.5) is 0 Å². The molecule has 1 aliphatic heterocycles. The minimum atomic E-state index is -0.124. The third-order valence-electron chi connectivity index (χ3n) is 5.02. The predicted octanol–water partition coefficient (Wildman–Crippen LogP) is 1.74. The number of rotatable bonds is 5. The molecule has 3 aromatic rings. The number of nitrogens with one attached hydrogen (secondary N) is 1. The van der Waals surface area contributed by atoms with Crippen LogP contribution in [0.15, 0.2) is 52.7 Å². The average molecular weight is 411 g/mol. The lowest BCUT2D eigenvalue weighted by Gasteiger charge is -2.16. The molecule has 0 saturated carbocycles. The Morgan fingerprint density at radius 3 is 2.93 bits per heavy atom. The molecule has 1 aliphatic rings. The van der Waals surface area contributed by atoms with Crippen molar-refractivity contribution in [3.05, 3.63) is 70.3 Å². The molecule has 1 unspecified atom stereocenters. The normalized spacial score (nSPS) is 16.1. The van der Waals surface area contributed by atoms with E-state index in [-0.39, 0.29) is 17.6 Å². The summed E-state index contributed by atoms with van der Waals surface area (Å²) < 4.78 is 3.21. The number of carbonyl (C=O) groups excluding carboxylic acids is 1. The molecular formula is C20H22N6O2S. The van der Waals surface area contributed by atoms with Gasteiger partial charge in [-0.05, 0) is 42.9 Å². The summed E-state index contributed by atoms with van der Waals surface area (Å²) in [6, 6.07) is 7.32. The van der Waals surface area contributed by atoms with Crippen LogP contribution in [0, 0.1) is 0 Å². The second-order valence-electron chi connectivity index (χ2n) is 6.93. The van der Waals surface area contributed by atoms with Crippen LogP contribution in [0.3, 0.4) is 0 Å². The molecule has 29 heavy (non-hydrogen) atoms. The third-order valence-corrected chi connectivity index (χ3v) is 5.73. The predicted molar refractivity (Wildman–Crippen MR) is 110 cm³/mol. The van der Waals surface area contributed by atoms with Gasteiger partial charge in [-0.3, -0.25) is 14.3 Å². The molecule has 150 valence electrons. The van der Waals surface area contributed by atoms with Crippen LogP contribution >= 0.6 is 11.8 Å². The first-order valence-corrected chi connectivity index (χ1v) is 10.7. The standard InChI is InChI=1S/C20H22N6O2S/c1-29-19-16(5-3-10-22-19)18(27)23-15-6-7-17-24-26(20(28)25(17)11-8-15)13-14-4-2-9-21-12-14/h2-5,9-10,12,15H,6-8,11,13H2,1H3,(H,23,27). The van der Waals surface area contributed by atoms with Gasteiger partial charge < -0.3 is 5.32 Å². The van der Waals surface area contributed by atoms with Gasteiger partial charge in [-0.15, -0.1) is 11.8 Å². The van der Waals surface area contributed by atoms with Crippen LogP contribution in [0.5, 0.6) is 0 Å². The highest BCUT2D eigenvalue weighted by molar-refractivity contribution is 7.98. The van der Waals surface area contributed by atoms with Crippen LogP contribution in [0.2, 0.25) is 0 Å². The van der Waals surface area contributed by atoms with E-state index < -0.39 is 0 Å². The maximum Gasteiger partial charge on any atom is 0.346 e. The van der Waals surface area contributed by atoms with Gasteiger partial charge in [-0.2, -0.15) is 5.10 Å². The van der Waals surface area contributed by atoms with Gasteiger partial charge in [0.15, 0.2) is 0 Å². The lowest BCUT2D eigenvalue weighted by Crippen LogP contribution is -2.36. The molecule has 0 aliphatic carbocycles. The van der Waals surface area contributed by atoms with Crippen molar-refractivity contribution in [3.8, 4) is 0 Å². The Bertz CT molecular complexity index is 1060. The second-order valence-corrected chi connectivity index (χ2v) is 7.72. The molecule has 0 spiro atoms. The highest BCUT2D eigenvalue weighted by Crippen LogP contribution is 2.18. The molecule has 0 aromatic carbocycles. The van der Waals surface area contributed by atoms with E-state index in [0.717, 1.165) is 17.8 Å². The molecule has 0 fully saturated rings. The van der Waals surface area contributed by atoms with Gasteiger partial charge in [0, 0.05) is 37.6 Å². The Balaban J connectivity index is 1.44. The topological polar surface area (TPSA) is 94.7 Å². The number of thioether (sulfide) groups is 1. The zero-order chi connectivity index (χ0) is 20.2. The number of nitrogens with zero attached hydrogens (tertiary/aromatic N) is 5. The van der Waals surface area contributed by atoms with Crippen molar-refractivity contribution in [1.82, 2.24) is 29.6 Å². The number of hydrogen-bond donors (Lipinski definition) is 1. The van der Waals surface area contributed by atoms with Gasteiger partial charge in [-0.1, -0.05) is 6.07 Å². The van der Waals surface area contributed by atoms with E-state index in [2.05, 4.69) is 20.4 Å². The Hall–Kier alpha value is -2.94. The zero-order valence-electron chi connectivity index (χ0n) is 16.1. The van der Waals surface area contributed by atoms with E-state index in [1.807, 2.05) is 18.4 Å². The van der Waals surface area contributed by atoms with Crippen molar-refractivity contribution in [2.75, 3.05) is 6.26 Å². The van der Waals surface area contributed by atoms with Gasteiger partial charge >= 0.3 is 5.69 Å². The summed E-state index contributed by atoms with van der Waals surface area (Å²) in [6.07, 6.45) is 9.10. The Kier molecular flexibility index (Phi) is 5.75. The van der Waals surface area contributed by atoms with E-state index >= 15 is 0 Å². The summed E-state index contributed by atoms with van der Waals surface area (Å²) in [5, 5.41) is 8.33. The maximum absolute atomic E-state index is 12.7. The molecule has 8 nitrogen and oxygen atoms in total. The summed E-state index contributed by atoms with van der Waals surface area (Å²) in [5.41, 5.74) is 1.41. The molecule has 1 amide bonds. The van der Waals surface area contributed by atoms with Gasteiger partial charge in [0.25, 0.3) is 5.91 Å². The Morgan fingerprint density at radius 1 is 1.28 bits per heavy atom. The largest absolute Gasteiger partial charge is 0.349 e. The lowest BCUT2D eigenvalue weighted by atomic mass is 10.1. The summed E-state index contributed by atoms with van der Waals surface area (Å²) in [7, 11) is 0. The smallest absolute Gasteiger partial charge is 0.346 e. The minimum absolute atomic E-state index is 0.00899. The van der Waals surface area contributed by atoms with Crippen LogP contribution in [-0.2, 0) is 19.5 Å². The Morgan fingerprint density at radius 2 is 2.14 bits per heavy atom. The quantitative estimate of drug-likeness (QED) is 0.644. The van der Waals surface area contributed by atoms with Crippen molar-refractivity contribution in [2.24, 2.45) is 0 Å². The molecule has 0 radical (unpaired) electrons. The number of aromatic nitrogens is 5. The van der Waals surface area contributed by atoms with Crippen molar-refractivity contribution in [2.45, 2.75) is 43.4 Å². The third kappa shape index (κ3) is 4.24. The Labute approximate surface area is 172 Å². The van der Waals surface area contributed by atoms with Crippen molar-refractivity contribution < 1.29 is 4.79 Å². The molecule has 1 atom stereocenters. The summed E-state index contributed by atoms with van der Waals surface area (Å²) >= 11 is 1.45. The molecule has 3 aromatic heterocycles. The molecule has 0 bridgehead atoms. The highest BCUT2D eigenvalue weighted by Gasteiger charge is 2.23. The first-order valence-electron chi connectivity index (χ1n) is 9.51. The number of aryl methyl sites for hydroxylation is 1. The first-order chi connectivity index (χ1) is 14.2. The second kappa shape index (κ2) is 8.60. The van der Waals surface area contributed by atoms with Gasteiger partial charge in [0.2, 0.25) is 0 Å². The molecular weight excluding hydrogens is 388 g/mol. The fourth-order valence-electron chi connectivity index (χ4n) is 3.53. The maximum atomic E-state index is 12.7. The van der Waals surface area contributed by atoms with E-state index in [9.17, 15) is 9.59 Å². The van der Waals surface area contributed by atoms with Crippen LogP contribution in [-0.4, -0.2) is 42.5 Å². The number of hydrogen-bond acceptors (Lipinski definition) is 6. The fourth-order valence-corrected chi connectivity index (χ4v) is 4.08. The van der Waals surface area contributed by atoms with Crippen molar-refractivity contribution >= 4 is 17.7 Å². The van der Waals surface area contributed by atoms with Crippen LogP contribution < -0.4 is 11.0 Å². The summed E-state index contributed by atoms with van der Waals surface area (Å²) in [5.74, 6) is 0.641. The zero-order valence-corrected chi connectivity index (χ0v) is 16.9. The average Bonchev–Trinajstić information content (AvgIpc) is 2.91.